The van der Waals surface area contributed by atoms with Gasteiger partial charge in [0.2, 0.25) is 0 Å². The zero-order chi connectivity index (χ0) is 17.5. The van der Waals surface area contributed by atoms with E-state index >= 15 is 0 Å². The Balaban J connectivity index is 1.68. The highest BCUT2D eigenvalue weighted by Crippen LogP contribution is 2.45. The fourth-order valence-electron chi connectivity index (χ4n) is 2.70. The largest absolute Gasteiger partial charge is 0.322 e. The number of thioether (sulfide) groups is 2. The average molecular weight is 371 g/mol. The number of amides is 2. The van der Waals surface area contributed by atoms with Gasteiger partial charge in [-0.15, -0.1) is 30.1 Å². The smallest absolute Gasteiger partial charge is 0.316 e. The van der Waals surface area contributed by atoms with Crippen LogP contribution in [0, 0.1) is 0 Å². The minimum absolute atomic E-state index is 0.104. The van der Waals surface area contributed by atoms with Crippen LogP contribution in [0.5, 0.6) is 0 Å². The predicted molar refractivity (Wildman–Crippen MR) is 110 cm³/mol. The highest BCUT2D eigenvalue weighted by molar-refractivity contribution is 8.19. The molecule has 3 nitrogen and oxygen atoms in total. The van der Waals surface area contributed by atoms with E-state index in [-0.39, 0.29) is 6.03 Å². The first-order chi connectivity index (χ1) is 12.3. The average Bonchev–Trinajstić information content (AvgIpc) is 3.17. The molecule has 2 aromatic carbocycles. The van der Waals surface area contributed by atoms with Crippen molar-refractivity contribution in [2.24, 2.45) is 0 Å². The maximum absolute atomic E-state index is 12.7. The molecule has 0 bridgehead atoms. The minimum atomic E-state index is -0.104. The second kappa shape index (κ2) is 9.02. The van der Waals surface area contributed by atoms with Gasteiger partial charge in [-0.2, -0.15) is 0 Å². The highest BCUT2D eigenvalue weighted by Gasteiger charge is 2.19. The van der Waals surface area contributed by atoms with Crippen LogP contribution in [0.2, 0.25) is 0 Å². The number of urea groups is 1. The number of hydrogen-bond donors (Lipinski definition) is 1. The van der Waals surface area contributed by atoms with E-state index < -0.39 is 0 Å². The third-order valence-corrected chi connectivity index (χ3v) is 6.99. The normalized spacial score (nSPS) is 14.2. The van der Waals surface area contributed by atoms with Gasteiger partial charge in [-0.3, -0.25) is 0 Å². The number of benzene rings is 2. The van der Waals surface area contributed by atoms with Crippen molar-refractivity contribution in [3.8, 4) is 0 Å². The van der Waals surface area contributed by atoms with Crippen LogP contribution in [0.3, 0.4) is 0 Å². The summed E-state index contributed by atoms with van der Waals surface area (Å²) in [4.78, 5) is 14.5. The van der Waals surface area contributed by atoms with E-state index in [4.69, 9.17) is 0 Å². The molecule has 0 aromatic heterocycles. The Morgan fingerprint density at radius 1 is 1.16 bits per heavy atom. The number of carbonyl (C=O) groups excluding carboxylic acids is 1. The van der Waals surface area contributed by atoms with Gasteiger partial charge in [-0.25, -0.2) is 4.79 Å². The standard InChI is InChI=1S/C20H22N2OS2/c1-2-11-22(15-16-7-4-3-5-8-16)20(23)21-18-10-6-9-17(14-18)19-24-12-13-25-19/h2-10,14,19H,1,11-13,15H2,(H,21,23). The van der Waals surface area contributed by atoms with Crippen LogP contribution < -0.4 is 5.32 Å². The van der Waals surface area contributed by atoms with E-state index in [1.807, 2.05) is 66.0 Å². The second-order valence-electron chi connectivity index (χ2n) is 5.78. The van der Waals surface area contributed by atoms with Crippen molar-refractivity contribution in [3.05, 3.63) is 78.4 Å². The van der Waals surface area contributed by atoms with Crippen molar-refractivity contribution in [2.75, 3.05) is 23.4 Å². The van der Waals surface area contributed by atoms with Gasteiger partial charge in [0.1, 0.15) is 0 Å². The Hall–Kier alpha value is -1.85. The van der Waals surface area contributed by atoms with E-state index in [0.29, 0.717) is 17.7 Å². The topological polar surface area (TPSA) is 32.3 Å². The maximum Gasteiger partial charge on any atom is 0.322 e. The lowest BCUT2D eigenvalue weighted by Crippen LogP contribution is -2.34. The predicted octanol–water partition coefficient (Wildman–Crippen LogP) is 5.39. The SMILES string of the molecule is C=CCN(Cc1ccccc1)C(=O)Nc1cccc(C2SCCS2)c1. The molecule has 1 aliphatic heterocycles. The van der Waals surface area contributed by atoms with Crippen molar-refractivity contribution < 1.29 is 4.79 Å². The molecule has 0 saturated carbocycles. The molecule has 130 valence electrons. The van der Waals surface area contributed by atoms with E-state index in [1.54, 1.807) is 11.0 Å². The van der Waals surface area contributed by atoms with Gasteiger partial charge in [0.05, 0.1) is 4.58 Å². The maximum atomic E-state index is 12.7. The number of rotatable bonds is 6. The summed E-state index contributed by atoms with van der Waals surface area (Å²) in [6, 6.07) is 18.1. The molecule has 25 heavy (non-hydrogen) atoms. The monoisotopic (exact) mass is 370 g/mol. The summed E-state index contributed by atoms with van der Waals surface area (Å²) in [5.74, 6) is 2.38. The van der Waals surface area contributed by atoms with Crippen LogP contribution in [0.15, 0.2) is 67.3 Å². The summed E-state index contributed by atoms with van der Waals surface area (Å²) in [7, 11) is 0. The first-order valence-electron chi connectivity index (χ1n) is 8.30. The van der Waals surface area contributed by atoms with Crippen molar-refractivity contribution in [2.45, 2.75) is 11.1 Å². The van der Waals surface area contributed by atoms with E-state index in [9.17, 15) is 4.79 Å². The van der Waals surface area contributed by atoms with Gasteiger partial charge in [0, 0.05) is 30.3 Å². The summed E-state index contributed by atoms with van der Waals surface area (Å²) in [6.45, 7) is 4.84. The Bertz CT molecular complexity index is 715. The van der Waals surface area contributed by atoms with E-state index in [0.717, 1.165) is 11.3 Å². The van der Waals surface area contributed by atoms with E-state index in [2.05, 4.69) is 24.0 Å². The fourth-order valence-corrected chi connectivity index (χ4v) is 5.53. The number of nitrogens with zero attached hydrogens (tertiary/aromatic N) is 1. The van der Waals surface area contributed by atoms with Crippen LogP contribution in [-0.4, -0.2) is 29.0 Å². The van der Waals surface area contributed by atoms with Crippen molar-refractivity contribution in [3.63, 3.8) is 0 Å². The molecule has 2 amide bonds. The Morgan fingerprint density at radius 2 is 1.92 bits per heavy atom. The first-order valence-corrected chi connectivity index (χ1v) is 10.4. The zero-order valence-corrected chi connectivity index (χ0v) is 15.7. The number of carbonyl (C=O) groups is 1. The molecule has 2 aromatic rings. The zero-order valence-electron chi connectivity index (χ0n) is 14.1. The summed E-state index contributed by atoms with van der Waals surface area (Å²) in [5, 5.41) is 3.03. The lowest BCUT2D eigenvalue weighted by Gasteiger charge is -2.22. The molecular weight excluding hydrogens is 348 g/mol. The molecule has 1 heterocycles. The van der Waals surface area contributed by atoms with Gasteiger partial charge < -0.3 is 10.2 Å². The molecule has 1 saturated heterocycles. The molecule has 1 N–H and O–H groups in total. The Kier molecular flexibility index (Phi) is 6.48. The number of nitrogens with one attached hydrogen (secondary N) is 1. The molecule has 0 aliphatic carbocycles. The summed E-state index contributed by atoms with van der Waals surface area (Å²) < 4.78 is 0.477. The van der Waals surface area contributed by atoms with Gasteiger partial charge in [0.25, 0.3) is 0 Å². The van der Waals surface area contributed by atoms with Crippen LogP contribution in [0.1, 0.15) is 15.7 Å². The number of anilines is 1. The molecule has 5 heteroatoms. The summed E-state index contributed by atoms with van der Waals surface area (Å²) in [6.07, 6.45) is 1.75. The van der Waals surface area contributed by atoms with Crippen LogP contribution in [0.25, 0.3) is 0 Å². The van der Waals surface area contributed by atoms with Gasteiger partial charge in [-0.05, 0) is 23.3 Å². The first kappa shape index (κ1) is 18.0. The Morgan fingerprint density at radius 3 is 2.64 bits per heavy atom. The molecular formula is C20H22N2OS2. The third kappa shape index (κ3) is 5.06. The molecule has 1 fully saturated rings. The van der Waals surface area contributed by atoms with Crippen molar-refractivity contribution >= 4 is 35.2 Å². The molecule has 0 spiro atoms. The van der Waals surface area contributed by atoms with Gasteiger partial charge in [-0.1, -0.05) is 48.5 Å². The number of hydrogen-bond acceptors (Lipinski definition) is 3. The molecule has 3 rings (SSSR count). The Labute approximate surface area is 157 Å². The molecule has 0 radical (unpaired) electrons. The van der Waals surface area contributed by atoms with Crippen molar-refractivity contribution in [1.82, 2.24) is 4.90 Å². The van der Waals surface area contributed by atoms with Gasteiger partial charge >= 0.3 is 6.03 Å². The molecule has 0 unspecified atom stereocenters. The fraction of sp³-hybridized carbons (Fsp3) is 0.250. The molecule has 1 aliphatic rings. The lowest BCUT2D eigenvalue weighted by molar-refractivity contribution is 0.215. The van der Waals surface area contributed by atoms with Crippen LogP contribution in [-0.2, 0) is 6.54 Å². The quantitative estimate of drug-likeness (QED) is 0.692. The van der Waals surface area contributed by atoms with Crippen LogP contribution >= 0.6 is 23.5 Å². The van der Waals surface area contributed by atoms with E-state index in [1.165, 1.54) is 17.1 Å². The minimum Gasteiger partial charge on any atom is -0.316 e. The van der Waals surface area contributed by atoms with Crippen LogP contribution in [0.4, 0.5) is 10.5 Å². The summed E-state index contributed by atoms with van der Waals surface area (Å²) in [5.41, 5.74) is 3.22. The third-order valence-electron chi connectivity index (χ3n) is 3.88. The lowest BCUT2D eigenvalue weighted by atomic mass is 10.2. The second-order valence-corrected chi connectivity index (χ2v) is 8.51. The van der Waals surface area contributed by atoms with Gasteiger partial charge in [0.15, 0.2) is 0 Å². The highest BCUT2D eigenvalue weighted by atomic mass is 32.2. The van der Waals surface area contributed by atoms with Crippen molar-refractivity contribution in [1.29, 1.82) is 0 Å². The molecule has 0 atom stereocenters. The summed E-state index contributed by atoms with van der Waals surface area (Å²) >= 11 is 3.93.